The number of benzene rings is 2. The Morgan fingerprint density at radius 1 is 1.12 bits per heavy atom. The molecule has 5 rings (SSSR count). The molecule has 0 aliphatic carbocycles. The monoisotopic (exact) mass is 450 g/mol. The summed E-state index contributed by atoms with van der Waals surface area (Å²) in [7, 11) is 1.63. The predicted octanol–water partition coefficient (Wildman–Crippen LogP) is 3.00. The average molecular weight is 450 g/mol. The van der Waals surface area contributed by atoms with Gasteiger partial charge < -0.3 is 24.1 Å². The lowest BCUT2D eigenvalue weighted by Crippen LogP contribution is -2.40. The molecule has 2 aliphatic rings. The van der Waals surface area contributed by atoms with Crippen LogP contribution < -0.4 is 19.5 Å². The second kappa shape index (κ2) is 9.50. The molecule has 9 nitrogen and oxygen atoms in total. The highest BCUT2D eigenvalue weighted by Gasteiger charge is 2.26. The van der Waals surface area contributed by atoms with Crippen LogP contribution in [0.25, 0.3) is 11.4 Å². The lowest BCUT2D eigenvalue weighted by atomic mass is 9.96. The van der Waals surface area contributed by atoms with Gasteiger partial charge in [-0.15, -0.1) is 0 Å². The van der Waals surface area contributed by atoms with Crippen molar-refractivity contribution in [3.8, 4) is 28.6 Å². The zero-order valence-electron chi connectivity index (χ0n) is 18.5. The van der Waals surface area contributed by atoms with Gasteiger partial charge in [-0.05, 0) is 67.9 Å². The second-order valence-electron chi connectivity index (χ2n) is 8.20. The predicted molar refractivity (Wildman–Crippen MR) is 119 cm³/mol. The third-order valence-electron chi connectivity index (χ3n) is 6.04. The topological polar surface area (TPSA) is 99.0 Å². The van der Waals surface area contributed by atoms with Crippen LogP contribution in [0.5, 0.6) is 17.2 Å². The summed E-state index contributed by atoms with van der Waals surface area (Å²) in [5, 5.41) is 7.14. The molecule has 3 aromatic rings. The van der Waals surface area contributed by atoms with E-state index in [9.17, 15) is 4.79 Å². The van der Waals surface area contributed by atoms with Gasteiger partial charge >= 0.3 is 0 Å². The number of ether oxygens (including phenoxy) is 3. The number of fused-ring (bicyclic) bond motifs is 1. The first-order valence-corrected chi connectivity index (χ1v) is 11.0. The van der Waals surface area contributed by atoms with Crippen molar-refractivity contribution >= 4 is 5.91 Å². The molecule has 1 aromatic heterocycles. The first-order valence-electron chi connectivity index (χ1n) is 11.0. The number of methoxy groups -OCH3 is 1. The lowest BCUT2D eigenvalue weighted by Gasteiger charge is -2.30. The SMILES string of the molecule is COc1ccc(-c2noc(CN3CCC(C(=O)NCc4ccc5c(c4)OCO5)CC3)n2)cc1. The third-order valence-corrected chi connectivity index (χ3v) is 6.04. The van der Waals surface area contributed by atoms with E-state index < -0.39 is 0 Å². The molecule has 1 saturated heterocycles. The van der Waals surface area contributed by atoms with Crippen molar-refractivity contribution in [3.63, 3.8) is 0 Å². The fourth-order valence-electron chi connectivity index (χ4n) is 4.11. The summed E-state index contributed by atoms with van der Waals surface area (Å²) in [6, 6.07) is 13.3. The molecular formula is C24H26N4O5. The first-order chi connectivity index (χ1) is 16.2. The second-order valence-corrected chi connectivity index (χ2v) is 8.20. The van der Waals surface area contributed by atoms with Crippen LogP contribution in [-0.4, -0.2) is 47.9 Å². The van der Waals surface area contributed by atoms with Crippen LogP contribution in [0.4, 0.5) is 0 Å². The third kappa shape index (κ3) is 4.93. The molecule has 172 valence electrons. The molecule has 3 heterocycles. The van der Waals surface area contributed by atoms with E-state index in [0.717, 1.165) is 54.3 Å². The Kier molecular flexibility index (Phi) is 6.12. The van der Waals surface area contributed by atoms with Crippen LogP contribution in [0.3, 0.4) is 0 Å². The maximum absolute atomic E-state index is 12.6. The number of amides is 1. The van der Waals surface area contributed by atoms with Crippen molar-refractivity contribution in [3.05, 3.63) is 53.9 Å². The molecule has 1 amide bonds. The molecule has 0 saturated carbocycles. The molecule has 0 bridgehead atoms. The fourth-order valence-corrected chi connectivity index (χ4v) is 4.11. The smallest absolute Gasteiger partial charge is 0.241 e. The van der Waals surface area contributed by atoms with Gasteiger partial charge in [-0.3, -0.25) is 9.69 Å². The molecule has 0 radical (unpaired) electrons. The number of nitrogens with zero attached hydrogens (tertiary/aromatic N) is 3. The number of nitrogens with one attached hydrogen (secondary N) is 1. The minimum atomic E-state index is 0.00723. The van der Waals surface area contributed by atoms with E-state index in [1.54, 1.807) is 7.11 Å². The molecule has 1 fully saturated rings. The number of carbonyl (C=O) groups is 1. The van der Waals surface area contributed by atoms with E-state index in [1.807, 2.05) is 42.5 Å². The van der Waals surface area contributed by atoms with Crippen molar-refractivity contribution in [2.75, 3.05) is 27.0 Å². The maximum atomic E-state index is 12.6. The Labute approximate surface area is 191 Å². The number of likely N-dealkylation sites (tertiary alicyclic amines) is 1. The molecule has 0 unspecified atom stereocenters. The molecule has 2 aliphatic heterocycles. The first kappa shape index (κ1) is 21.3. The quantitative estimate of drug-likeness (QED) is 0.587. The number of piperidine rings is 1. The van der Waals surface area contributed by atoms with Gasteiger partial charge in [0.25, 0.3) is 0 Å². The summed E-state index contributed by atoms with van der Waals surface area (Å²) in [6.45, 7) is 2.92. The normalized spacial score (nSPS) is 16.0. The number of hydrogen-bond donors (Lipinski definition) is 1. The molecule has 0 spiro atoms. The summed E-state index contributed by atoms with van der Waals surface area (Å²) in [5.74, 6) is 3.49. The van der Waals surface area contributed by atoms with E-state index in [1.165, 1.54) is 0 Å². The standard InChI is InChI=1S/C24H26N4O5/c1-30-19-5-3-17(4-6-19)23-26-22(33-27-23)14-28-10-8-18(9-11-28)24(29)25-13-16-2-7-20-21(12-16)32-15-31-20/h2-7,12,18H,8-11,13-15H2,1H3,(H,25,29). The minimum absolute atomic E-state index is 0.00723. The van der Waals surface area contributed by atoms with Crippen LogP contribution in [0.15, 0.2) is 47.0 Å². The molecule has 2 aromatic carbocycles. The summed E-state index contributed by atoms with van der Waals surface area (Å²) >= 11 is 0. The van der Waals surface area contributed by atoms with Crippen LogP contribution >= 0.6 is 0 Å². The van der Waals surface area contributed by atoms with Crippen LogP contribution in [0.2, 0.25) is 0 Å². The van der Waals surface area contributed by atoms with Gasteiger partial charge in [0.05, 0.1) is 13.7 Å². The molecule has 1 N–H and O–H groups in total. The number of rotatable bonds is 7. The van der Waals surface area contributed by atoms with Gasteiger partial charge in [-0.2, -0.15) is 4.98 Å². The largest absolute Gasteiger partial charge is 0.497 e. The van der Waals surface area contributed by atoms with Gasteiger partial charge in [0.15, 0.2) is 11.5 Å². The summed E-state index contributed by atoms with van der Waals surface area (Å²) < 4.78 is 21.3. The van der Waals surface area contributed by atoms with E-state index in [2.05, 4.69) is 20.4 Å². The summed E-state index contributed by atoms with van der Waals surface area (Å²) in [5.41, 5.74) is 1.87. The molecule has 0 atom stereocenters. The average Bonchev–Trinajstić information content (AvgIpc) is 3.52. The van der Waals surface area contributed by atoms with Crippen LogP contribution in [0, 0.1) is 5.92 Å². The number of carbonyl (C=O) groups excluding carboxylic acids is 1. The van der Waals surface area contributed by atoms with Gasteiger partial charge in [-0.25, -0.2) is 0 Å². The minimum Gasteiger partial charge on any atom is -0.497 e. The van der Waals surface area contributed by atoms with Gasteiger partial charge in [0.2, 0.25) is 24.4 Å². The van der Waals surface area contributed by atoms with Gasteiger partial charge in [0.1, 0.15) is 5.75 Å². The Hall–Kier alpha value is -3.59. The zero-order chi connectivity index (χ0) is 22.6. The van der Waals surface area contributed by atoms with Crippen molar-refractivity contribution in [2.24, 2.45) is 5.92 Å². The van der Waals surface area contributed by atoms with Crippen molar-refractivity contribution in [1.29, 1.82) is 0 Å². The van der Waals surface area contributed by atoms with Crippen LogP contribution in [-0.2, 0) is 17.9 Å². The van der Waals surface area contributed by atoms with Crippen molar-refractivity contribution < 1.29 is 23.5 Å². The summed E-state index contributed by atoms with van der Waals surface area (Å²) in [4.78, 5) is 19.4. The van der Waals surface area contributed by atoms with E-state index in [-0.39, 0.29) is 18.6 Å². The fraction of sp³-hybridized carbons (Fsp3) is 0.375. The van der Waals surface area contributed by atoms with Crippen LogP contribution in [0.1, 0.15) is 24.3 Å². The maximum Gasteiger partial charge on any atom is 0.241 e. The van der Waals surface area contributed by atoms with Gasteiger partial charge in [-0.1, -0.05) is 11.2 Å². The van der Waals surface area contributed by atoms with E-state index in [4.69, 9.17) is 18.7 Å². The molecule has 33 heavy (non-hydrogen) atoms. The zero-order valence-corrected chi connectivity index (χ0v) is 18.5. The van der Waals surface area contributed by atoms with Gasteiger partial charge in [0, 0.05) is 18.0 Å². The Morgan fingerprint density at radius 2 is 1.91 bits per heavy atom. The summed E-state index contributed by atoms with van der Waals surface area (Å²) in [6.07, 6.45) is 1.60. The molecular weight excluding hydrogens is 424 g/mol. The number of aromatic nitrogens is 2. The Morgan fingerprint density at radius 3 is 2.70 bits per heavy atom. The number of hydrogen-bond acceptors (Lipinski definition) is 8. The lowest BCUT2D eigenvalue weighted by molar-refractivity contribution is -0.126. The van der Waals surface area contributed by atoms with Crippen molar-refractivity contribution in [1.82, 2.24) is 20.4 Å². The highest BCUT2D eigenvalue weighted by Crippen LogP contribution is 2.32. The highest BCUT2D eigenvalue weighted by molar-refractivity contribution is 5.78. The van der Waals surface area contributed by atoms with E-state index >= 15 is 0 Å². The van der Waals surface area contributed by atoms with E-state index in [0.29, 0.717) is 24.8 Å². The highest BCUT2D eigenvalue weighted by atomic mass is 16.7. The Balaban J connectivity index is 1.08. The molecule has 9 heteroatoms. The Bertz CT molecular complexity index is 1110. The van der Waals surface area contributed by atoms with Crippen molar-refractivity contribution in [2.45, 2.75) is 25.9 Å².